The largest absolute Gasteiger partial charge is 0.369 e. The van der Waals surface area contributed by atoms with Gasteiger partial charge in [0.15, 0.2) is 0 Å². The molecule has 2 aromatic rings. The molecule has 5 heteroatoms. The van der Waals surface area contributed by atoms with Crippen molar-refractivity contribution in [2.75, 3.05) is 7.11 Å². The van der Waals surface area contributed by atoms with E-state index in [0.29, 0.717) is 18.1 Å². The van der Waals surface area contributed by atoms with E-state index in [1.807, 2.05) is 30.3 Å². The molecule has 0 saturated carbocycles. The Kier molecular flexibility index (Phi) is 4.29. The fourth-order valence-corrected chi connectivity index (χ4v) is 1.74. The third-order valence-electron chi connectivity index (χ3n) is 2.68. The van der Waals surface area contributed by atoms with Crippen LogP contribution < -0.4 is 5.73 Å². The Balaban J connectivity index is 2.23. The van der Waals surface area contributed by atoms with Crippen LogP contribution in [0.4, 0.5) is 0 Å². The van der Waals surface area contributed by atoms with E-state index in [1.54, 1.807) is 7.11 Å². The second-order valence-electron chi connectivity index (χ2n) is 4.03. The van der Waals surface area contributed by atoms with E-state index in [9.17, 15) is 0 Å². The molecule has 0 spiro atoms. The molecule has 1 aromatic carbocycles. The monoisotopic (exact) mass is 257 g/mol. The van der Waals surface area contributed by atoms with Crippen molar-refractivity contribution in [1.29, 1.82) is 0 Å². The Bertz CT molecular complexity index is 560. The minimum Gasteiger partial charge on any atom is -0.369 e. The number of benzene rings is 1. The predicted octanol–water partition coefficient (Wildman–Crippen LogP) is 1.83. The first-order valence-electron chi connectivity index (χ1n) is 5.86. The molecule has 2 unspecified atom stereocenters. The van der Waals surface area contributed by atoms with Gasteiger partial charge in [-0.2, -0.15) is 4.98 Å². The van der Waals surface area contributed by atoms with Gasteiger partial charge in [0.1, 0.15) is 6.10 Å². The predicted molar refractivity (Wildman–Crippen MR) is 70.0 cm³/mol. The zero-order chi connectivity index (χ0) is 13.7. The average molecular weight is 257 g/mol. The Morgan fingerprint density at radius 3 is 2.79 bits per heavy atom. The zero-order valence-electron chi connectivity index (χ0n) is 10.6. The van der Waals surface area contributed by atoms with Gasteiger partial charge in [0, 0.05) is 13.5 Å². The Hall–Kier alpha value is -2.16. The topological polar surface area (TPSA) is 74.2 Å². The van der Waals surface area contributed by atoms with E-state index >= 15 is 0 Å². The van der Waals surface area contributed by atoms with Crippen LogP contribution in [0.3, 0.4) is 0 Å². The van der Waals surface area contributed by atoms with Gasteiger partial charge in [0.05, 0.1) is 6.04 Å². The zero-order valence-corrected chi connectivity index (χ0v) is 10.6. The summed E-state index contributed by atoms with van der Waals surface area (Å²) in [5.41, 5.74) is 6.77. The average Bonchev–Trinajstić information content (AvgIpc) is 2.91. The third kappa shape index (κ3) is 2.99. The lowest BCUT2D eigenvalue weighted by atomic mass is 10.1. The highest BCUT2D eigenvalue weighted by Gasteiger charge is 2.21. The molecule has 2 N–H and O–H groups in total. The van der Waals surface area contributed by atoms with Crippen LogP contribution in [0.5, 0.6) is 0 Å². The molecule has 0 radical (unpaired) electrons. The summed E-state index contributed by atoms with van der Waals surface area (Å²) in [4.78, 5) is 4.25. The van der Waals surface area contributed by atoms with E-state index in [-0.39, 0.29) is 6.10 Å². The van der Waals surface area contributed by atoms with Crippen LogP contribution in [0.2, 0.25) is 0 Å². The molecule has 0 fully saturated rings. The Labute approximate surface area is 111 Å². The van der Waals surface area contributed by atoms with Gasteiger partial charge in [0.2, 0.25) is 11.7 Å². The molecule has 5 nitrogen and oxygen atoms in total. The summed E-state index contributed by atoms with van der Waals surface area (Å²) in [5, 5.41) is 3.91. The van der Waals surface area contributed by atoms with Crippen LogP contribution >= 0.6 is 0 Å². The fourth-order valence-electron chi connectivity index (χ4n) is 1.74. The number of nitrogens with two attached hydrogens (primary N) is 1. The summed E-state index contributed by atoms with van der Waals surface area (Å²) >= 11 is 0. The van der Waals surface area contributed by atoms with E-state index in [1.165, 1.54) is 0 Å². The fraction of sp³-hybridized carbons (Fsp3) is 0.286. The summed E-state index contributed by atoms with van der Waals surface area (Å²) in [7, 11) is 1.59. The van der Waals surface area contributed by atoms with Crippen LogP contribution in [-0.2, 0) is 4.74 Å². The van der Waals surface area contributed by atoms with Crippen molar-refractivity contribution in [3.05, 3.63) is 47.6 Å². The third-order valence-corrected chi connectivity index (χ3v) is 2.68. The first-order chi connectivity index (χ1) is 9.26. The van der Waals surface area contributed by atoms with Gasteiger partial charge in [-0.15, -0.1) is 12.3 Å². The van der Waals surface area contributed by atoms with Crippen molar-refractivity contribution < 1.29 is 9.26 Å². The van der Waals surface area contributed by atoms with Crippen molar-refractivity contribution in [3.63, 3.8) is 0 Å². The van der Waals surface area contributed by atoms with Gasteiger partial charge in [0.25, 0.3) is 0 Å². The van der Waals surface area contributed by atoms with E-state index < -0.39 is 6.04 Å². The maximum absolute atomic E-state index is 5.82. The number of nitrogens with zero attached hydrogens (tertiary/aromatic N) is 2. The van der Waals surface area contributed by atoms with Gasteiger partial charge in [-0.05, 0) is 5.56 Å². The summed E-state index contributed by atoms with van der Waals surface area (Å²) in [6.45, 7) is 0. The molecule has 1 heterocycles. The lowest BCUT2D eigenvalue weighted by Crippen LogP contribution is -2.10. The van der Waals surface area contributed by atoms with Crippen molar-refractivity contribution in [1.82, 2.24) is 10.1 Å². The highest BCUT2D eigenvalue weighted by Crippen LogP contribution is 2.23. The Morgan fingerprint density at radius 1 is 1.42 bits per heavy atom. The maximum atomic E-state index is 5.82. The molecule has 0 aliphatic heterocycles. The summed E-state index contributed by atoms with van der Waals surface area (Å²) in [6.07, 6.45) is 5.18. The van der Waals surface area contributed by atoms with Gasteiger partial charge in [-0.1, -0.05) is 35.5 Å². The number of hydrogen-bond donors (Lipinski definition) is 1. The van der Waals surface area contributed by atoms with Gasteiger partial charge < -0.3 is 15.0 Å². The highest BCUT2D eigenvalue weighted by atomic mass is 16.5. The molecular weight excluding hydrogens is 242 g/mol. The molecule has 2 atom stereocenters. The first kappa shape index (κ1) is 13.3. The minimum atomic E-state index is -0.445. The number of rotatable bonds is 5. The quantitative estimate of drug-likeness (QED) is 0.827. The Morgan fingerprint density at radius 2 is 2.16 bits per heavy atom. The lowest BCUT2D eigenvalue weighted by Gasteiger charge is -2.10. The number of hydrogen-bond acceptors (Lipinski definition) is 5. The lowest BCUT2D eigenvalue weighted by molar-refractivity contribution is 0.126. The number of terminal acetylenes is 1. The van der Waals surface area contributed by atoms with Crippen molar-refractivity contribution >= 4 is 0 Å². The van der Waals surface area contributed by atoms with Gasteiger partial charge in [-0.3, -0.25) is 0 Å². The van der Waals surface area contributed by atoms with Crippen LogP contribution in [-0.4, -0.2) is 17.3 Å². The molecule has 98 valence electrons. The number of aromatic nitrogens is 2. The summed E-state index contributed by atoms with van der Waals surface area (Å²) in [5.74, 6) is 3.23. The van der Waals surface area contributed by atoms with E-state index in [0.717, 1.165) is 5.56 Å². The summed E-state index contributed by atoms with van der Waals surface area (Å²) in [6, 6.07) is 9.20. The van der Waals surface area contributed by atoms with Crippen molar-refractivity contribution in [2.45, 2.75) is 18.6 Å². The highest BCUT2D eigenvalue weighted by molar-refractivity contribution is 5.22. The molecule has 0 aliphatic carbocycles. The molecular formula is C14H15N3O2. The van der Waals surface area contributed by atoms with Crippen molar-refractivity contribution in [2.24, 2.45) is 5.73 Å². The second kappa shape index (κ2) is 6.14. The van der Waals surface area contributed by atoms with Crippen LogP contribution in [0, 0.1) is 12.3 Å². The number of methoxy groups -OCH3 is 1. The second-order valence-corrected chi connectivity index (χ2v) is 4.03. The maximum Gasteiger partial charge on any atom is 0.244 e. The van der Waals surface area contributed by atoms with Crippen LogP contribution in [0.25, 0.3) is 0 Å². The molecule has 0 bridgehead atoms. The smallest absolute Gasteiger partial charge is 0.244 e. The molecule has 2 rings (SSSR count). The normalized spacial score (nSPS) is 13.7. The molecule has 1 aromatic heterocycles. The van der Waals surface area contributed by atoms with Crippen LogP contribution in [0.1, 0.15) is 35.8 Å². The molecule has 19 heavy (non-hydrogen) atoms. The molecule has 0 aliphatic rings. The molecule has 0 amide bonds. The minimum absolute atomic E-state index is 0.325. The van der Waals surface area contributed by atoms with Crippen LogP contribution in [0.15, 0.2) is 34.9 Å². The molecule has 0 saturated heterocycles. The van der Waals surface area contributed by atoms with Gasteiger partial charge >= 0.3 is 0 Å². The first-order valence-corrected chi connectivity index (χ1v) is 5.86. The van der Waals surface area contributed by atoms with E-state index in [2.05, 4.69) is 16.1 Å². The summed E-state index contributed by atoms with van der Waals surface area (Å²) < 4.78 is 10.5. The SMILES string of the molecule is C#CCC(N)c1nc(C(OC)c2ccccc2)no1. The number of ether oxygens (including phenoxy) is 1. The van der Waals surface area contributed by atoms with Crippen molar-refractivity contribution in [3.8, 4) is 12.3 Å². The van der Waals surface area contributed by atoms with E-state index in [4.69, 9.17) is 21.4 Å². The standard InChI is InChI=1S/C14H15N3O2/c1-3-7-11(15)14-16-13(17-19-14)12(18-2)10-8-5-4-6-9-10/h1,4-6,8-9,11-12H,7,15H2,2H3. The van der Waals surface area contributed by atoms with Gasteiger partial charge in [-0.25, -0.2) is 0 Å².